The molecule has 2 N–H and O–H groups in total. The summed E-state index contributed by atoms with van der Waals surface area (Å²) >= 11 is 1.79. The van der Waals surface area contributed by atoms with E-state index >= 15 is 0 Å². The fourth-order valence-corrected chi connectivity index (χ4v) is 3.13. The van der Waals surface area contributed by atoms with Gasteiger partial charge >= 0.3 is 0 Å². The normalized spacial score (nSPS) is 18.5. The summed E-state index contributed by atoms with van der Waals surface area (Å²) in [6.45, 7) is 3.16. The van der Waals surface area contributed by atoms with Gasteiger partial charge in [0.25, 0.3) is 0 Å². The van der Waals surface area contributed by atoms with Crippen molar-refractivity contribution in [2.45, 2.75) is 24.9 Å². The van der Waals surface area contributed by atoms with Crippen LogP contribution in [0.1, 0.15) is 17.7 Å². The van der Waals surface area contributed by atoms with Crippen molar-refractivity contribution in [1.82, 2.24) is 10.6 Å². The number of aliphatic imine (C=N–C) groups is 1. The lowest BCUT2D eigenvalue weighted by Gasteiger charge is -2.36. The summed E-state index contributed by atoms with van der Waals surface area (Å²) in [6, 6.07) is 4.24. The Hall–Kier alpha value is -1.11. The van der Waals surface area contributed by atoms with Gasteiger partial charge in [-0.25, -0.2) is 0 Å². The van der Waals surface area contributed by atoms with Gasteiger partial charge in [-0.1, -0.05) is 6.07 Å². The smallest absolute Gasteiger partial charge is 0.191 e. The summed E-state index contributed by atoms with van der Waals surface area (Å²) in [5.74, 6) is 0.828. The SMILES string of the molecule is CN=C(NCCc1cccs1)NCC1(OC)CCOCC1. The van der Waals surface area contributed by atoms with Crippen LogP contribution >= 0.6 is 11.3 Å². The molecule has 1 aromatic rings. The van der Waals surface area contributed by atoms with Gasteiger partial charge in [-0.2, -0.15) is 0 Å². The van der Waals surface area contributed by atoms with Crippen molar-refractivity contribution in [3.05, 3.63) is 22.4 Å². The minimum Gasteiger partial charge on any atom is -0.381 e. The highest BCUT2D eigenvalue weighted by Crippen LogP contribution is 2.23. The number of hydrogen-bond donors (Lipinski definition) is 2. The first kappa shape index (κ1) is 16.3. The molecule has 2 heterocycles. The summed E-state index contributed by atoms with van der Waals surface area (Å²) in [6.07, 6.45) is 2.85. The summed E-state index contributed by atoms with van der Waals surface area (Å²) in [4.78, 5) is 5.65. The molecule has 1 aromatic heterocycles. The van der Waals surface area contributed by atoms with Crippen molar-refractivity contribution < 1.29 is 9.47 Å². The van der Waals surface area contributed by atoms with Crippen LogP contribution in [0.5, 0.6) is 0 Å². The fraction of sp³-hybridized carbons (Fsp3) is 0.667. The third-order valence-corrected chi connectivity index (χ3v) is 4.82. The fourth-order valence-electron chi connectivity index (χ4n) is 2.42. The number of ether oxygens (including phenoxy) is 2. The minimum atomic E-state index is -0.135. The standard InChI is InChI=1S/C15H25N3O2S/c1-16-14(17-8-5-13-4-3-11-21-13)18-12-15(19-2)6-9-20-10-7-15/h3-4,11H,5-10,12H2,1-2H3,(H2,16,17,18). The molecule has 5 nitrogen and oxygen atoms in total. The van der Waals surface area contributed by atoms with E-state index in [0.717, 1.165) is 51.5 Å². The Balaban J connectivity index is 1.74. The van der Waals surface area contributed by atoms with Gasteiger partial charge in [-0.15, -0.1) is 11.3 Å². The van der Waals surface area contributed by atoms with E-state index in [-0.39, 0.29) is 5.60 Å². The molecule has 0 radical (unpaired) electrons. The van der Waals surface area contributed by atoms with Crippen LogP contribution < -0.4 is 10.6 Å². The molecule has 1 aliphatic rings. The molecule has 0 spiro atoms. The number of rotatable bonds is 6. The molecule has 1 aliphatic heterocycles. The Morgan fingerprint density at radius 3 is 2.86 bits per heavy atom. The number of nitrogens with one attached hydrogen (secondary N) is 2. The zero-order valence-electron chi connectivity index (χ0n) is 12.9. The van der Waals surface area contributed by atoms with E-state index in [2.05, 4.69) is 33.1 Å². The number of nitrogens with zero attached hydrogens (tertiary/aromatic N) is 1. The highest BCUT2D eigenvalue weighted by Gasteiger charge is 2.32. The quantitative estimate of drug-likeness (QED) is 0.620. The van der Waals surface area contributed by atoms with E-state index < -0.39 is 0 Å². The van der Waals surface area contributed by atoms with Crippen molar-refractivity contribution in [3.8, 4) is 0 Å². The largest absolute Gasteiger partial charge is 0.381 e. The van der Waals surface area contributed by atoms with Crippen molar-refractivity contribution in [3.63, 3.8) is 0 Å². The molecular weight excluding hydrogens is 286 g/mol. The molecule has 0 atom stereocenters. The lowest BCUT2D eigenvalue weighted by molar-refractivity contribution is -0.0855. The predicted octanol–water partition coefficient (Wildman–Crippen LogP) is 1.65. The van der Waals surface area contributed by atoms with Crippen LogP contribution in [0.2, 0.25) is 0 Å². The molecule has 1 saturated heterocycles. The van der Waals surface area contributed by atoms with Crippen LogP contribution in [0.3, 0.4) is 0 Å². The maximum Gasteiger partial charge on any atom is 0.191 e. The van der Waals surface area contributed by atoms with Crippen molar-refractivity contribution >= 4 is 17.3 Å². The van der Waals surface area contributed by atoms with E-state index in [9.17, 15) is 0 Å². The maximum atomic E-state index is 5.71. The second-order valence-corrected chi connectivity index (χ2v) is 6.21. The first-order chi connectivity index (χ1) is 10.3. The number of methoxy groups -OCH3 is 1. The van der Waals surface area contributed by atoms with Gasteiger partial charge in [0, 0.05) is 58.2 Å². The number of thiophene rings is 1. The third-order valence-electron chi connectivity index (χ3n) is 3.88. The van der Waals surface area contributed by atoms with Crippen LogP contribution in [-0.2, 0) is 15.9 Å². The molecule has 0 aliphatic carbocycles. The summed E-state index contributed by atoms with van der Waals surface area (Å²) < 4.78 is 11.1. The van der Waals surface area contributed by atoms with E-state index in [1.54, 1.807) is 25.5 Å². The molecule has 0 amide bonds. The second-order valence-electron chi connectivity index (χ2n) is 5.18. The Bertz CT molecular complexity index is 428. The number of hydrogen-bond acceptors (Lipinski definition) is 4. The molecule has 6 heteroatoms. The zero-order valence-corrected chi connectivity index (χ0v) is 13.7. The Morgan fingerprint density at radius 1 is 1.43 bits per heavy atom. The lowest BCUT2D eigenvalue weighted by Crippen LogP contribution is -2.51. The first-order valence-corrected chi connectivity index (χ1v) is 8.26. The van der Waals surface area contributed by atoms with Gasteiger partial charge in [-0.3, -0.25) is 4.99 Å². The van der Waals surface area contributed by atoms with Crippen LogP contribution in [0.4, 0.5) is 0 Å². The lowest BCUT2D eigenvalue weighted by atomic mass is 9.94. The van der Waals surface area contributed by atoms with E-state index in [1.807, 2.05) is 0 Å². The van der Waals surface area contributed by atoms with E-state index in [4.69, 9.17) is 9.47 Å². The topological polar surface area (TPSA) is 54.9 Å². The molecular formula is C15H25N3O2S. The zero-order chi connectivity index (χ0) is 15.0. The molecule has 0 bridgehead atoms. The van der Waals surface area contributed by atoms with Crippen molar-refractivity contribution in [1.29, 1.82) is 0 Å². The van der Waals surface area contributed by atoms with Crippen LogP contribution in [-0.4, -0.2) is 52.0 Å². The van der Waals surface area contributed by atoms with Gasteiger partial charge in [0.05, 0.1) is 5.60 Å². The van der Waals surface area contributed by atoms with Gasteiger partial charge in [0.2, 0.25) is 0 Å². The Morgan fingerprint density at radius 2 is 2.24 bits per heavy atom. The highest BCUT2D eigenvalue weighted by atomic mass is 32.1. The van der Waals surface area contributed by atoms with E-state index in [0.29, 0.717) is 0 Å². The van der Waals surface area contributed by atoms with Gasteiger partial charge in [0.15, 0.2) is 5.96 Å². The highest BCUT2D eigenvalue weighted by molar-refractivity contribution is 7.09. The monoisotopic (exact) mass is 311 g/mol. The third kappa shape index (κ3) is 4.98. The maximum absolute atomic E-state index is 5.71. The Kier molecular flexibility index (Phi) is 6.48. The molecule has 21 heavy (non-hydrogen) atoms. The molecule has 0 unspecified atom stereocenters. The predicted molar refractivity (Wildman–Crippen MR) is 87.2 cm³/mol. The average Bonchev–Trinajstić information content (AvgIpc) is 3.05. The molecule has 2 rings (SSSR count). The van der Waals surface area contributed by atoms with Crippen LogP contribution in [0.25, 0.3) is 0 Å². The van der Waals surface area contributed by atoms with Gasteiger partial charge < -0.3 is 20.1 Å². The average molecular weight is 311 g/mol. The number of guanidine groups is 1. The minimum absolute atomic E-state index is 0.135. The van der Waals surface area contributed by atoms with E-state index in [1.165, 1.54) is 4.88 Å². The van der Waals surface area contributed by atoms with Crippen LogP contribution in [0, 0.1) is 0 Å². The van der Waals surface area contributed by atoms with Crippen molar-refractivity contribution in [2.24, 2.45) is 4.99 Å². The molecule has 1 fully saturated rings. The first-order valence-electron chi connectivity index (χ1n) is 7.38. The molecule has 118 valence electrons. The molecule has 0 aromatic carbocycles. The van der Waals surface area contributed by atoms with Gasteiger partial charge in [-0.05, 0) is 17.9 Å². The summed E-state index contributed by atoms with van der Waals surface area (Å²) in [5, 5.41) is 8.83. The van der Waals surface area contributed by atoms with Gasteiger partial charge in [0.1, 0.15) is 0 Å². The second kappa shape index (κ2) is 8.36. The molecule has 0 saturated carbocycles. The summed E-state index contributed by atoms with van der Waals surface area (Å²) in [5.41, 5.74) is -0.135. The van der Waals surface area contributed by atoms with Crippen LogP contribution in [0.15, 0.2) is 22.5 Å². The summed E-state index contributed by atoms with van der Waals surface area (Å²) in [7, 11) is 3.57. The van der Waals surface area contributed by atoms with Crippen molar-refractivity contribution in [2.75, 3.05) is 40.5 Å². The Labute approximate surface area is 130 Å².